The van der Waals surface area contributed by atoms with Crippen molar-refractivity contribution in [2.75, 3.05) is 13.2 Å². The van der Waals surface area contributed by atoms with Gasteiger partial charge in [0, 0.05) is 39.2 Å². The lowest BCUT2D eigenvalue weighted by molar-refractivity contribution is 0.217. The van der Waals surface area contributed by atoms with Gasteiger partial charge in [-0.3, -0.25) is 0 Å². The van der Waals surface area contributed by atoms with Gasteiger partial charge >= 0.3 is 0 Å². The Bertz CT molecular complexity index is 1830. The summed E-state index contributed by atoms with van der Waals surface area (Å²) < 4.78 is 12.0. The highest BCUT2D eigenvalue weighted by Crippen LogP contribution is 2.52. The van der Waals surface area contributed by atoms with Crippen molar-refractivity contribution in [2.45, 2.75) is 39.2 Å². The van der Waals surface area contributed by atoms with Crippen LogP contribution in [0.25, 0.3) is 22.3 Å². The number of ether oxygens (including phenoxy) is 2. The van der Waals surface area contributed by atoms with Gasteiger partial charge in [0.2, 0.25) is 0 Å². The van der Waals surface area contributed by atoms with Crippen molar-refractivity contribution >= 4 is 47.0 Å². The standard InChI is InChI=1S/C38H26O2S4/c1-3-11-33-31(9-1)41-35-13-5-7-29(37(35)43-33)25-15-19-27(20-16-25)39-23-24-40-28-21-17-26(18-22-28)30-8-6-14-36-38(30)44-34-12-4-2-10-32(34)42-36/h1-22H,23-24H2. The van der Waals surface area contributed by atoms with Crippen LogP contribution in [0.4, 0.5) is 0 Å². The molecular formula is C38H26O2S4. The highest BCUT2D eigenvalue weighted by Gasteiger charge is 2.21. The number of rotatable bonds is 7. The first-order valence-electron chi connectivity index (χ1n) is 14.4. The molecule has 0 fully saturated rings. The smallest absolute Gasteiger partial charge is 0.122 e. The van der Waals surface area contributed by atoms with Crippen molar-refractivity contribution in [1.82, 2.24) is 0 Å². The van der Waals surface area contributed by atoms with Gasteiger partial charge in [-0.2, -0.15) is 0 Å². The van der Waals surface area contributed by atoms with Crippen LogP contribution < -0.4 is 9.47 Å². The maximum Gasteiger partial charge on any atom is 0.122 e. The van der Waals surface area contributed by atoms with Gasteiger partial charge in [-0.05, 0) is 82.9 Å². The zero-order valence-corrected chi connectivity index (χ0v) is 26.8. The molecular weight excluding hydrogens is 617 g/mol. The Labute approximate surface area is 274 Å². The molecule has 2 aliphatic rings. The minimum atomic E-state index is 0.477. The number of hydrogen-bond donors (Lipinski definition) is 0. The van der Waals surface area contributed by atoms with Crippen LogP contribution in [0.2, 0.25) is 0 Å². The molecule has 44 heavy (non-hydrogen) atoms. The molecule has 0 aromatic heterocycles. The highest BCUT2D eigenvalue weighted by molar-refractivity contribution is 8.05. The Balaban J connectivity index is 0.881. The zero-order valence-electron chi connectivity index (χ0n) is 23.6. The number of fused-ring (bicyclic) bond motifs is 4. The summed E-state index contributed by atoms with van der Waals surface area (Å²) in [5.41, 5.74) is 4.90. The van der Waals surface area contributed by atoms with Crippen molar-refractivity contribution in [1.29, 1.82) is 0 Å². The monoisotopic (exact) mass is 642 g/mol. The van der Waals surface area contributed by atoms with Crippen LogP contribution in [0.5, 0.6) is 11.5 Å². The fraction of sp³-hybridized carbons (Fsp3) is 0.0526. The molecule has 6 heteroatoms. The minimum Gasteiger partial charge on any atom is -0.490 e. The van der Waals surface area contributed by atoms with E-state index in [4.69, 9.17) is 9.47 Å². The maximum atomic E-state index is 6.02. The molecule has 0 spiro atoms. The molecule has 0 atom stereocenters. The molecule has 6 aromatic rings. The Morgan fingerprint density at radius 2 is 0.705 bits per heavy atom. The van der Waals surface area contributed by atoms with E-state index in [-0.39, 0.29) is 0 Å². The third-order valence-corrected chi connectivity index (χ3v) is 12.7. The SMILES string of the molecule is c1ccc2c(c1)Sc1cccc(-c3ccc(OCCOc4ccc(-c5cccc6c5Sc5ccccc5S6)cc4)cc3)c1S2. The topological polar surface area (TPSA) is 18.5 Å². The second-order valence-electron chi connectivity index (χ2n) is 10.3. The first-order valence-corrected chi connectivity index (χ1v) is 17.7. The summed E-state index contributed by atoms with van der Waals surface area (Å²) in [6, 6.07) is 47.1. The minimum absolute atomic E-state index is 0.477. The Kier molecular flexibility index (Phi) is 7.83. The van der Waals surface area contributed by atoms with Crippen molar-refractivity contribution in [2.24, 2.45) is 0 Å². The fourth-order valence-corrected chi connectivity index (χ4v) is 10.1. The molecule has 6 aromatic carbocycles. The van der Waals surface area contributed by atoms with E-state index in [1.54, 1.807) is 0 Å². The summed E-state index contributed by atoms with van der Waals surface area (Å²) in [4.78, 5) is 10.5. The number of benzene rings is 6. The molecule has 8 rings (SSSR count). The molecule has 2 aliphatic heterocycles. The summed E-state index contributed by atoms with van der Waals surface area (Å²) in [6.07, 6.45) is 0. The van der Waals surface area contributed by atoms with Gasteiger partial charge in [0.1, 0.15) is 24.7 Å². The summed E-state index contributed by atoms with van der Waals surface area (Å²) in [5.74, 6) is 1.69. The zero-order chi connectivity index (χ0) is 29.3. The molecule has 0 saturated carbocycles. The third kappa shape index (κ3) is 5.64. The quantitative estimate of drug-likeness (QED) is 0.160. The molecule has 214 valence electrons. The fourth-order valence-electron chi connectivity index (χ4n) is 5.33. The van der Waals surface area contributed by atoms with Crippen LogP contribution in [0, 0.1) is 0 Å². The molecule has 0 unspecified atom stereocenters. The first-order chi connectivity index (χ1) is 21.8. The first kappa shape index (κ1) is 27.8. The molecule has 2 nitrogen and oxygen atoms in total. The van der Waals surface area contributed by atoms with Crippen LogP contribution in [-0.2, 0) is 0 Å². The average Bonchev–Trinajstić information content (AvgIpc) is 3.08. The van der Waals surface area contributed by atoms with Crippen LogP contribution >= 0.6 is 47.0 Å². The van der Waals surface area contributed by atoms with Crippen molar-refractivity contribution < 1.29 is 9.47 Å². The van der Waals surface area contributed by atoms with Gasteiger partial charge in [0.05, 0.1) is 0 Å². The van der Waals surface area contributed by atoms with Crippen molar-refractivity contribution in [3.8, 4) is 33.8 Å². The third-order valence-electron chi connectivity index (χ3n) is 7.47. The van der Waals surface area contributed by atoms with E-state index >= 15 is 0 Å². The Morgan fingerprint density at radius 1 is 0.341 bits per heavy atom. The summed E-state index contributed by atoms with van der Waals surface area (Å²) in [5, 5.41) is 0. The van der Waals surface area contributed by atoms with Crippen LogP contribution in [0.3, 0.4) is 0 Å². The van der Waals surface area contributed by atoms with E-state index in [9.17, 15) is 0 Å². The van der Waals surface area contributed by atoms with Crippen LogP contribution in [0.15, 0.2) is 173 Å². The lowest BCUT2D eigenvalue weighted by Gasteiger charge is -2.21. The average molecular weight is 643 g/mol. The van der Waals surface area contributed by atoms with Gasteiger partial charge in [0.15, 0.2) is 0 Å². The van der Waals surface area contributed by atoms with Crippen LogP contribution in [-0.4, -0.2) is 13.2 Å². The normalized spacial score (nSPS) is 12.8. The van der Waals surface area contributed by atoms with Crippen LogP contribution in [0.1, 0.15) is 0 Å². The lowest BCUT2D eigenvalue weighted by Crippen LogP contribution is -2.08. The highest BCUT2D eigenvalue weighted by atomic mass is 32.2. The van der Waals surface area contributed by atoms with Gasteiger partial charge in [-0.25, -0.2) is 0 Å². The molecule has 0 saturated heterocycles. The van der Waals surface area contributed by atoms with E-state index < -0.39 is 0 Å². The van der Waals surface area contributed by atoms with E-state index in [1.165, 1.54) is 61.4 Å². The maximum absolute atomic E-state index is 6.02. The molecule has 0 amide bonds. The Hall–Kier alpha value is -3.68. The predicted molar refractivity (Wildman–Crippen MR) is 184 cm³/mol. The van der Waals surface area contributed by atoms with Crippen molar-refractivity contribution in [3.05, 3.63) is 133 Å². The number of hydrogen-bond acceptors (Lipinski definition) is 6. The van der Waals surface area contributed by atoms with Gasteiger partial charge in [-0.15, -0.1) is 0 Å². The lowest BCUT2D eigenvalue weighted by atomic mass is 10.1. The van der Waals surface area contributed by atoms with E-state index in [2.05, 4.69) is 109 Å². The Morgan fingerprint density at radius 3 is 1.11 bits per heavy atom. The molecule has 0 bridgehead atoms. The summed E-state index contributed by atoms with van der Waals surface area (Å²) in [6.45, 7) is 0.954. The molecule has 0 N–H and O–H groups in total. The van der Waals surface area contributed by atoms with Gasteiger partial charge < -0.3 is 9.47 Å². The predicted octanol–water partition coefficient (Wildman–Crippen LogP) is 11.7. The molecule has 2 heterocycles. The second-order valence-corrected chi connectivity index (χ2v) is 14.6. The summed E-state index contributed by atoms with van der Waals surface area (Å²) >= 11 is 7.41. The molecule has 0 aliphatic carbocycles. The van der Waals surface area contributed by atoms with Gasteiger partial charge in [-0.1, -0.05) is 120 Å². The van der Waals surface area contributed by atoms with Crippen molar-refractivity contribution in [3.63, 3.8) is 0 Å². The second kappa shape index (κ2) is 12.4. The molecule has 0 radical (unpaired) electrons. The van der Waals surface area contributed by atoms with E-state index in [1.807, 2.05) is 71.3 Å². The summed E-state index contributed by atoms with van der Waals surface area (Å²) in [7, 11) is 0. The largest absolute Gasteiger partial charge is 0.490 e. The van der Waals surface area contributed by atoms with Gasteiger partial charge in [0.25, 0.3) is 0 Å². The van der Waals surface area contributed by atoms with E-state index in [0.29, 0.717) is 13.2 Å². The van der Waals surface area contributed by atoms with E-state index in [0.717, 1.165) is 11.5 Å².